The fourth-order valence-electron chi connectivity index (χ4n) is 3.87. The van der Waals surface area contributed by atoms with Crippen molar-refractivity contribution in [1.82, 2.24) is 24.4 Å². The van der Waals surface area contributed by atoms with Crippen LogP contribution in [0.5, 0.6) is 11.8 Å². The Labute approximate surface area is 175 Å². The number of hydrogen-bond donors (Lipinski definition) is 0. The van der Waals surface area contributed by atoms with Crippen molar-refractivity contribution in [2.45, 2.75) is 19.9 Å². The van der Waals surface area contributed by atoms with E-state index in [4.69, 9.17) is 9.47 Å². The van der Waals surface area contributed by atoms with Crippen molar-refractivity contribution in [1.29, 1.82) is 0 Å². The van der Waals surface area contributed by atoms with E-state index < -0.39 is 0 Å². The van der Waals surface area contributed by atoms with Crippen LogP contribution in [0.15, 0.2) is 42.9 Å². The van der Waals surface area contributed by atoms with Gasteiger partial charge in [0.05, 0.1) is 14.2 Å². The number of likely N-dealkylation sites (tertiary alicyclic amines) is 1. The fourth-order valence-corrected chi connectivity index (χ4v) is 3.87. The Morgan fingerprint density at radius 1 is 1.20 bits per heavy atom. The summed E-state index contributed by atoms with van der Waals surface area (Å²) < 4.78 is 12.6. The van der Waals surface area contributed by atoms with Gasteiger partial charge >= 0.3 is 0 Å². The highest BCUT2D eigenvalue weighted by molar-refractivity contribution is 5.96. The number of aryl methyl sites for hydroxylation is 1. The summed E-state index contributed by atoms with van der Waals surface area (Å²) >= 11 is 0. The zero-order chi connectivity index (χ0) is 21.1. The third-order valence-electron chi connectivity index (χ3n) is 5.46. The first-order valence-corrected chi connectivity index (χ1v) is 9.91. The first-order chi connectivity index (χ1) is 14.6. The summed E-state index contributed by atoms with van der Waals surface area (Å²) in [7, 11) is 3.04. The molecule has 8 heteroatoms. The minimum absolute atomic E-state index is 0.0701. The highest BCUT2D eigenvalue weighted by Gasteiger charge is 2.30. The molecule has 0 N–H and O–H groups in total. The third kappa shape index (κ3) is 3.85. The molecular weight excluding hydrogens is 382 g/mol. The highest BCUT2D eigenvalue weighted by atomic mass is 16.5. The number of carbonyl (C=O) groups excluding carboxylic acids is 1. The van der Waals surface area contributed by atoms with Gasteiger partial charge in [-0.2, -0.15) is 4.98 Å². The van der Waals surface area contributed by atoms with Crippen molar-refractivity contribution in [2.24, 2.45) is 5.92 Å². The van der Waals surface area contributed by atoms with Gasteiger partial charge in [-0.15, -0.1) is 0 Å². The minimum Gasteiger partial charge on any atom is -0.481 e. The van der Waals surface area contributed by atoms with E-state index in [0.29, 0.717) is 30.5 Å². The Balaban J connectivity index is 1.49. The predicted molar refractivity (Wildman–Crippen MR) is 112 cm³/mol. The van der Waals surface area contributed by atoms with Crippen LogP contribution >= 0.6 is 0 Å². The van der Waals surface area contributed by atoms with Crippen LogP contribution in [-0.4, -0.2) is 57.6 Å². The predicted octanol–water partition coefficient (Wildman–Crippen LogP) is 2.83. The Morgan fingerprint density at radius 3 is 2.80 bits per heavy atom. The molecular formula is C22H25N5O3. The molecule has 4 rings (SSSR count). The van der Waals surface area contributed by atoms with Crippen LogP contribution in [0.3, 0.4) is 0 Å². The van der Waals surface area contributed by atoms with E-state index in [0.717, 1.165) is 30.0 Å². The Hall–Kier alpha value is -3.42. The minimum atomic E-state index is -0.0701. The maximum absolute atomic E-state index is 13.1. The van der Waals surface area contributed by atoms with Crippen molar-refractivity contribution in [3.8, 4) is 23.1 Å². The number of methoxy groups -OCH3 is 2. The quantitative estimate of drug-likeness (QED) is 0.625. The van der Waals surface area contributed by atoms with Crippen molar-refractivity contribution < 1.29 is 14.3 Å². The first kappa shape index (κ1) is 19.9. The summed E-state index contributed by atoms with van der Waals surface area (Å²) in [5.74, 6) is 1.88. The van der Waals surface area contributed by atoms with Gasteiger partial charge in [-0.1, -0.05) is 0 Å². The van der Waals surface area contributed by atoms with Crippen molar-refractivity contribution in [3.63, 3.8) is 0 Å². The maximum Gasteiger partial charge on any atom is 0.259 e. The summed E-state index contributed by atoms with van der Waals surface area (Å²) in [5, 5.41) is 0. The molecule has 1 unspecified atom stereocenters. The summed E-state index contributed by atoms with van der Waals surface area (Å²) in [6.45, 7) is 4.24. The number of aromatic nitrogens is 4. The number of carbonyl (C=O) groups is 1. The number of amides is 1. The van der Waals surface area contributed by atoms with Gasteiger partial charge in [0.15, 0.2) is 0 Å². The van der Waals surface area contributed by atoms with Crippen molar-refractivity contribution >= 4 is 5.91 Å². The molecule has 0 bridgehead atoms. The Kier molecular flexibility index (Phi) is 5.65. The molecule has 4 heterocycles. The van der Waals surface area contributed by atoms with Gasteiger partial charge in [0, 0.05) is 55.5 Å². The number of imidazole rings is 1. The monoisotopic (exact) mass is 407 g/mol. The van der Waals surface area contributed by atoms with Crippen LogP contribution in [0, 0.1) is 12.8 Å². The van der Waals surface area contributed by atoms with Gasteiger partial charge in [0.2, 0.25) is 11.8 Å². The topological polar surface area (TPSA) is 82.4 Å². The normalized spacial score (nSPS) is 16.0. The van der Waals surface area contributed by atoms with Crippen LogP contribution in [-0.2, 0) is 6.54 Å². The lowest BCUT2D eigenvalue weighted by molar-refractivity contribution is 0.0781. The van der Waals surface area contributed by atoms with Gasteiger partial charge in [0.1, 0.15) is 11.4 Å². The summed E-state index contributed by atoms with van der Waals surface area (Å²) in [6, 6.07) is 7.31. The molecule has 3 aromatic heterocycles. The number of rotatable bonds is 6. The first-order valence-electron chi connectivity index (χ1n) is 9.91. The smallest absolute Gasteiger partial charge is 0.259 e. The van der Waals surface area contributed by atoms with Crippen LogP contribution in [0.25, 0.3) is 11.4 Å². The second kappa shape index (κ2) is 8.52. The van der Waals surface area contributed by atoms with Gasteiger partial charge in [-0.3, -0.25) is 9.78 Å². The van der Waals surface area contributed by atoms with Gasteiger partial charge in [-0.25, -0.2) is 4.98 Å². The van der Waals surface area contributed by atoms with Gasteiger partial charge < -0.3 is 18.9 Å². The number of pyridine rings is 2. The standard InChI is InChI=1S/C22H25N5O3/c1-15-11-24-20(17-5-4-9-23-12-17)27(15)14-16-8-10-26(13-16)22(28)18-6-7-19(29-2)25-21(18)30-3/h4-7,9,11-12,16H,8,10,13-14H2,1-3H3. The van der Waals surface area contributed by atoms with E-state index in [1.165, 1.54) is 14.2 Å². The number of ether oxygens (including phenoxy) is 2. The zero-order valence-corrected chi connectivity index (χ0v) is 17.4. The molecule has 3 aromatic rings. The highest BCUT2D eigenvalue weighted by Crippen LogP contribution is 2.27. The summed E-state index contributed by atoms with van der Waals surface area (Å²) in [4.78, 5) is 27.9. The average Bonchev–Trinajstić information content (AvgIpc) is 3.40. The number of nitrogens with zero attached hydrogens (tertiary/aromatic N) is 5. The molecule has 30 heavy (non-hydrogen) atoms. The lowest BCUT2D eigenvalue weighted by atomic mass is 10.1. The van der Waals surface area contributed by atoms with E-state index in [-0.39, 0.29) is 11.8 Å². The van der Waals surface area contributed by atoms with Crippen molar-refractivity contribution in [3.05, 3.63) is 54.1 Å². The molecule has 0 aromatic carbocycles. The van der Waals surface area contributed by atoms with Crippen LogP contribution in [0.2, 0.25) is 0 Å². The van der Waals surface area contributed by atoms with Gasteiger partial charge in [0.25, 0.3) is 5.91 Å². The molecule has 0 aliphatic carbocycles. The van der Waals surface area contributed by atoms with Crippen LogP contribution in [0.4, 0.5) is 0 Å². The molecule has 0 radical (unpaired) electrons. The molecule has 0 saturated carbocycles. The van der Waals surface area contributed by atoms with Crippen LogP contribution in [0.1, 0.15) is 22.5 Å². The van der Waals surface area contributed by atoms with E-state index in [9.17, 15) is 4.79 Å². The number of hydrogen-bond acceptors (Lipinski definition) is 6. The molecule has 1 aliphatic heterocycles. The lowest BCUT2D eigenvalue weighted by Gasteiger charge is -2.19. The molecule has 8 nitrogen and oxygen atoms in total. The third-order valence-corrected chi connectivity index (χ3v) is 5.46. The fraction of sp³-hybridized carbons (Fsp3) is 0.364. The Morgan fingerprint density at radius 2 is 2.07 bits per heavy atom. The molecule has 1 saturated heterocycles. The summed E-state index contributed by atoms with van der Waals surface area (Å²) in [5.41, 5.74) is 2.54. The molecule has 1 atom stereocenters. The molecule has 0 spiro atoms. The SMILES string of the molecule is COc1ccc(C(=O)N2CCC(Cn3c(C)cnc3-c3cccnc3)C2)c(OC)n1. The lowest BCUT2D eigenvalue weighted by Crippen LogP contribution is -2.30. The van der Waals surface area contributed by atoms with Crippen molar-refractivity contribution in [2.75, 3.05) is 27.3 Å². The molecule has 1 fully saturated rings. The zero-order valence-electron chi connectivity index (χ0n) is 17.4. The maximum atomic E-state index is 13.1. The Bertz CT molecular complexity index is 1030. The molecule has 1 amide bonds. The van der Waals surface area contributed by atoms with E-state index >= 15 is 0 Å². The average molecular weight is 407 g/mol. The largest absolute Gasteiger partial charge is 0.481 e. The molecule has 156 valence electrons. The molecule has 1 aliphatic rings. The van der Waals surface area contributed by atoms with E-state index in [1.54, 1.807) is 18.3 Å². The van der Waals surface area contributed by atoms with E-state index in [1.807, 2.05) is 29.4 Å². The van der Waals surface area contributed by atoms with E-state index in [2.05, 4.69) is 26.4 Å². The second-order valence-electron chi connectivity index (χ2n) is 7.39. The van der Waals surface area contributed by atoms with Crippen LogP contribution < -0.4 is 9.47 Å². The summed E-state index contributed by atoms with van der Waals surface area (Å²) in [6.07, 6.45) is 6.40. The second-order valence-corrected chi connectivity index (χ2v) is 7.39. The van der Waals surface area contributed by atoms with Gasteiger partial charge in [-0.05, 0) is 37.5 Å².